The number of unbranched alkanes of at least 4 members (excludes halogenated alkanes) is 3. The minimum atomic E-state index is -2.51. The summed E-state index contributed by atoms with van der Waals surface area (Å²) in [5.74, 6) is -2.51. The Kier molecular flexibility index (Phi) is 8.39. The van der Waals surface area contributed by atoms with Crippen molar-refractivity contribution >= 4 is 45.2 Å². The number of alkyl halides is 2. The van der Waals surface area contributed by atoms with Gasteiger partial charge in [0.1, 0.15) is 0 Å². The standard InChI is InChI=1S/C8H16I2O3/c9-6-4-2-1-3-5-7(10)8(11,12)13/h7,11-13H,1-6H2. The fourth-order valence-corrected chi connectivity index (χ4v) is 1.95. The molecule has 0 heterocycles. The van der Waals surface area contributed by atoms with E-state index in [-0.39, 0.29) is 0 Å². The van der Waals surface area contributed by atoms with Gasteiger partial charge in [-0.3, -0.25) is 0 Å². The second-order valence-corrected chi connectivity index (χ2v) is 5.63. The molecule has 3 nitrogen and oxygen atoms in total. The average molecular weight is 414 g/mol. The molecule has 0 bridgehead atoms. The van der Waals surface area contributed by atoms with Crippen LogP contribution in [-0.4, -0.2) is 29.6 Å². The van der Waals surface area contributed by atoms with E-state index in [4.69, 9.17) is 15.3 Å². The maximum Gasteiger partial charge on any atom is 0.287 e. The third kappa shape index (κ3) is 8.34. The highest BCUT2D eigenvalue weighted by atomic mass is 127. The highest BCUT2D eigenvalue weighted by Crippen LogP contribution is 2.20. The predicted octanol–water partition coefficient (Wildman–Crippen LogP) is 1.81. The minimum Gasteiger partial charge on any atom is -0.343 e. The first-order valence-corrected chi connectivity index (χ1v) is 7.12. The van der Waals surface area contributed by atoms with Crippen LogP contribution in [-0.2, 0) is 0 Å². The van der Waals surface area contributed by atoms with Crippen molar-refractivity contribution in [1.29, 1.82) is 0 Å². The fraction of sp³-hybridized carbons (Fsp3) is 1.00. The first-order valence-electron chi connectivity index (χ1n) is 4.35. The van der Waals surface area contributed by atoms with Crippen LogP contribution < -0.4 is 0 Å². The van der Waals surface area contributed by atoms with Gasteiger partial charge in [0, 0.05) is 0 Å². The predicted molar refractivity (Wildman–Crippen MR) is 69.2 cm³/mol. The van der Waals surface area contributed by atoms with Gasteiger partial charge >= 0.3 is 0 Å². The van der Waals surface area contributed by atoms with Gasteiger partial charge < -0.3 is 15.3 Å². The third-order valence-electron chi connectivity index (χ3n) is 1.76. The zero-order chi connectivity index (χ0) is 10.3. The summed E-state index contributed by atoms with van der Waals surface area (Å²) in [6, 6.07) is 0. The number of hydrogen-bond donors (Lipinski definition) is 3. The number of hydrogen-bond acceptors (Lipinski definition) is 3. The quantitative estimate of drug-likeness (QED) is 0.258. The molecule has 5 heteroatoms. The van der Waals surface area contributed by atoms with Crippen molar-refractivity contribution in [2.45, 2.75) is 42.0 Å². The highest BCUT2D eigenvalue weighted by molar-refractivity contribution is 14.1. The molecule has 1 atom stereocenters. The van der Waals surface area contributed by atoms with Crippen LogP contribution in [0.2, 0.25) is 0 Å². The summed E-state index contributed by atoms with van der Waals surface area (Å²) in [6.45, 7) is 0. The molecule has 3 N–H and O–H groups in total. The van der Waals surface area contributed by atoms with Gasteiger partial charge in [-0.25, -0.2) is 0 Å². The molecule has 0 saturated carbocycles. The molecule has 13 heavy (non-hydrogen) atoms. The summed E-state index contributed by atoms with van der Waals surface area (Å²) < 4.78 is 0.680. The molecule has 0 aromatic carbocycles. The van der Waals surface area contributed by atoms with Crippen LogP contribution in [0.15, 0.2) is 0 Å². The molecule has 0 aromatic rings. The SMILES string of the molecule is OC(O)(O)C(I)CCCCCCI. The Balaban J connectivity index is 3.32. The van der Waals surface area contributed by atoms with Crippen LogP contribution in [0.1, 0.15) is 32.1 Å². The smallest absolute Gasteiger partial charge is 0.287 e. The maximum atomic E-state index is 8.79. The lowest BCUT2D eigenvalue weighted by molar-refractivity contribution is -0.307. The van der Waals surface area contributed by atoms with Crippen molar-refractivity contribution in [2.75, 3.05) is 4.43 Å². The second kappa shape index (κ2) is 7.61. The van der Waals surface area contributed by atoms with Crippen LogP contribution in [0.5, 0.6) is 0 Å². The molecule has 0 aliphatic carbocycles. The van der Waals surface area contributed by atoms with E-state index in [2.05, 4.69) is 22.6 Å². The van der Waals surface area contributed by atoms with Crippen molar-refractivity contribution < 1.29 is 15.3 Å². The summed E-state index contributed by atoms with van der Waals surface area (Å²) in [4.78, 5) is 0. The molecule has 0 aromatic heterocycles. The number of aliphatic hydroxyl groups is 3. The topological polar surface area (TPSA) is 60.7 Å². The Morgan fingerprint density at radius 2 is 1.54 bits per heavy atom. The zero-order valence-electron chi connectivity index (χ0n) is 7.42. The maximum absolute atomic E-state index is 8.79. The Bertz CT molecular complexity index is 125. The lowest BCUT2D eigenvalue weighted by Crippen LogP contribution is -2.37. The molecule has 0 amide bonds. The van der Waals surface area contributed by atoms with E-state index in [1.807, 2.05) is 22.6 Å². The monoisotopic (exact) mass is 414 g/mol. The molecule has 0 aliphatic heterocycles. The third-order valence-corrected chi connectivity index (χ3v) is 3.98. The molecule has 0 radical (unpaired) electrons. The second-order valence-electron chi connectivity index (χ2n) is 3.05. The first-order chi connectivity index (χ1) is 5.98. The van der Waals surface area contributed by atoms with E-state index in [9.17, 15) is 0 Å². The van der Waals surface area contributed by atoms with Crippen LogP contribution in [0, 0.1) is 0 Å². The first kappa shape index (κ1) is 14.3. The molecule has 1 unspecified atom stereocenters. The normalized spacial score (nSPS) is 14.5. The van der Waals surface area contributed by atoms with E-state index in [0.29, 0.717) is 6.42 Å². The highest BCUT2D eigenvalue weighted by Gasteiger charge is 2.28. The van der Waals surface area contributed by atoms with Gasteiger partial charge in [0.25, 0.3) is 5.97 Å². The largest absolute Gasteiger partial charge is 0.343 e. The van der Waals surface area contributed by atoms with Gasteiger partial charge in [-0.2, -0.15) is 0 Å². The fourth-order valence-electron chi connectivity index (χ4n) is 0.965. The van der Waals surface area contributed by atoms with E-state index >= 15 is 0 Å². The Hall–Kier alpha value is 1.34. The Morgan fingerprint density at radius 1 is 1.00 bits per heavy atom. The van der Waals surface area contributed by atoms with Crippen LogP contribution >= 0.6 is 45.2 Å². The van der Waals surface area contributed by atoms with E-state index in [0.717, 1.165) is 12.8 Å². The summed E-state index contributed by atoms with van der Waals surface area (Å²) >= 11 is 4.20. The lowest BCUT2D eigenvalue weighted by atomic mass is 10.1. The van der Waals surface area contributed by atoms with Crippen LogP contribution in [0.4, 0.5) is 0 Å². The zero-order valence-corrected chi connectivity index (χ0v) is 11.7. The van der Waals surface area contributed by atoms with Crippen molar-refractivity contribution in [3.8, 4) is 0 Å². The van der Waals surface area contributed by atoms with Gasteiger partial charge in [0.15, 0.2) is 0 Å². The molecule has 0 rings (SSSR count). The van der Waals surface area contributed by atoms with Crippen molar-refractivity contribution in [3.05, 3.63) is 0 Å². The van der Waals surface area contributed by atoms with Gasteiger partial charge in [-0.05, 0) is 17.3 Å². The summed E-state index contributed by atoms with van der Waals surface area (Å²) in [5, 5.41) is 26.4. The lowest BCUT2D eigenvalue weighted by Gasteiger charge is -2.20. The molecule has 0 aliphatic rings. The van der Waals surface area contributed by atoms with Crippen LogP contribution in [0.3, 0.4) is 0 Å². The van der Waals surface area contributed by atoms with Gasteiger partial charge in [0.2, 0.25) is 0 Å². The number of rotatable bonds is 7. The number of halogens is 2. The molecule has 0 fully saturated rings. The molecule has 80 valence electrons. The Labute approximate surface area is 106 Å². The molecular formula is C8H16I2O3. The van der Waals surface area contributed by atoms with Crippen molar-refractivity contribution in [1.82, 2.24) is 0 Å². The molecule has 0 spiro atoms. The van der Waals surface area contributed by atoms with Gasteiger partial charge in [-0.15, -0.1) is 0 Å². The Morgan fingerprint density at radius 3 is 2.00 bits per heavy atom. The van der Waals surface area contributed by atoms with Crippen molar-refractivity contribution in [2.24, 2.45) is 0 Å². The van der Waals surface area contributed by atoms with E-state index in [1.165, 1.54) is 17.3 Å². The minimum absolute atomic E-state index is 0.496. The summed E-state index contributed by atoms with van der Waals surface area (Å²) in [5.41, 5.74) is 0. The van der Waals surface area contributed by atoms with E-state index < -0.39 is 9.90 Å². The van der Waals surface area contributed by atoms with Crippen molar-refractivity contribution in [3.63, 3.8) is 0 Å². The molecule has 0 saturated heterocycles. The van der Waals surface area contributed by atoms with Crippen LogP contribution in [0.25, 0.3) is 0 Å². The van der Waals surface area contributed by atoms with Gasteiger partial charge in [0.05, 0.1) is 3.92 Å². The average Bonchev–Trinajstić information content (AvgIpc) is 2.02. The summed E-state index contributed by atoms with van der Waals surface area (Å²) in [6.07, 6.45) is 5.08. The summed E-state index contributed by atoms with van der Waals surface area (Å²) in [7, 11) is 0. The van der Waals surface area contributed by atoms with Gasteiger partial charge in [-0.1, -0.05) is 64.4 Å². The molecular weight excluding hydrogens is 398 g/mol. The van der Waals surface area contributed by atoms with E-state index in [1.54, 1.807) is 0 Å².